The van der Waals surface area contributed by atoms with Gasteiger partial charge in [-0.05, 0) is 58.6 Å². The van der Waals surface area contributed by atoms with E-state index >= 15 is 0 Å². The molecule has 0 bridgehead atoms. The molecule has 6 heterocycles. The predicted molar refractivity (Wildman–Crippen MR) is 166 cm³/mol. The maximum atomic E-state index is 13.6. The molecule has 4 unspecified atom stereocenters. The summed E-state index contributed by atoms with van der Waals surface area (Å²) in [7, 11) is 1.47. The number of nitriles is 1. The number of amides is 1. The Kier molecular flexibility index (Phi) is 8.02. The normalized spacial score (nSPS) is 24.2. The number of fused-ring (bicyclic) bond motifs is 3. The molecule has 44 heavy (non-hydrogen) atoms. The molecule has 12 nitrogen and oxygen atoms in total. The van der Waals surface area contributed by atoms with E-state index in [4.69, 9.17) is 16.2 Å². The van der Waals surface area contributed by atoms with E-state index in [-0.39, 0.29) is 23.9 Å². The zero-order chi connectivity index (χ0) is 31.2. The number of carbonyl (C=O) groups is 1. The van der Waals surface area contributed by atoms with Crippen molar-refractivity contribution < 1.29 is 13.9 Å². The minimum absolute atomic E-state index is 0.105. The zero-order valence-electron chi connectivity index (χ0n) is 25.2. The number of nitrogen functional groups attached to an aromatic ring is 2. The van der Waals surface area contributed by atoms with E-state index in [0.29, 0.717) is 54.4 Å². The molecule has 1 spiro atoms. The molecule has 4 atom stereocenters. The maximum absolute atomic E-state index is 13.6. The van der Waals surface area contributed by atoms with Gasteiger partial charge in [-0.1, -0.05) is 6.07 Å². The van der Waals surface area contributed by atoms with Crippen molar-refractivity contribution in [3.63, 3.8) is 0 Å². The van der Waals surface area contributed by atoms with Crippen LogP contribution in [-0.4, -0.2) is 76.2 Å². The highest BCUT2D eigenvalue weighted by atomic mass is 32.1. The second-order valence-electron chi connectivity index (χ2n) is 11.7. The first-order valence-corrected chi connectivity index (χ1v) is 15.8. The summed E-state index contributed by atoms with van der Waals surface area (Å²) in [6.45, 7) is 6.76. The molecule has 232 valence electrons. The number of aryl methyl sites for hydroxylation is 1. The lowest BCUT2D eigenvalue weighted by Crippen LogP contribution is -2.64. The quantitative estimate of drug-likeness (QED) is 0.388. The summed E-state index contributed by atoms with van der Waals surface area (Å²) in [5.41, 5.74) is 13.4. The van der Waals surface area contributed by atoms with Gasteiger partial charge in [0.2, 0.25) is 17.8 Å². The van der Waals surface area contributed by atoms with Crippen molar-refractivity contribution in [2.24, 2.45) is 0 Å². The SMILES string of the molecule is CCN(c1nc(OC)nc(N2CC3(CCc4sc(N)c(C#N)c43)C2=O)n1)C(C)c1cccnc1N.FC1CC2CCCN2C1. The molecule has 4 aliphatic rings. The first kappa shape index (κ1) is 30.0. The number of hydrogen-bond acceptors (Lipinski definition) is 12. The summed E-state index contributed by atoms with van der Waals surface area (Å²) in [5.74, 6) is 0.864. The molecule has 4 N–H and O–H groups in total. The van der Waals surface area contributed by atoms with Crippen LogP contribution in [0.2, 0.25) is 0 Å². The van der Waals surface area contributed by atoms with E-state index in [0.717, 1.165) is 35.4 Å². The van der Waals surface area contributed by atoms with Crippen molar-refractivity contribution in [1.29, 1.82) is 5.26 Å². The Morgan fingerprint density at radius 2 is 2.16 bits per heavy atom. The Morgan fingerprint density at radius 1 is 1.34 bits per heavy atom. The van der Waals surface area contributed by atoms with Gasteiger partial charge in [0.25, 0.3) is 0 Å². The number of pyridine rings is 1. The minimum atomic E-state index is -0.754. The van der Waals surface area contributed by atoms with Gasteiger partial charge in [-0.3, -0.25) is 14.6 Å². The zero-order valence-corrected chi connectivity index (χ0v) is 26.0. The van der Waals surface area contributed by atoms with Gasteiger partial charge in [-0.15, -0.1) is 11.3 Å². The summed E-state index contributed by atoms with van der Waals surface area (Å²) >= 11 is 1.40. The van der Waals surface area contributed by atoms with Crippen molar-refractivity contribution >= 4 is 40.0 Å². The van der Waals surface area contributed by atoms with Crippen molar-refractivity contribution in [2.45, 2.75) is 69.6 Å². The van der Waals surface area contributed by atoms with Gasteiger partial charge in [0, 0.05) is 47.9 Å². The highest BCUT2D eigenvalue weighted by molar-refractivity contribution is 7.16. The van der Waals surface area contributed by atoms with Crippen LogP contribution >= 0.6 is 11.3 Å². The van der Waals surface area contributed by atoms with Crippen LogP contribution in [0.25, 0.3) is 0 Å². The Morgan fingerprint density at radius 3 is 2.84 bits per heavy atom. The molecule has 0 aromatic carbocycles. The van der Waals surface area contributed by atoms with Gasteiger partial charge >= 0.3 is 6.01 Å². The van der Waals surface area contributed by atoms with Gasteiger partial charge in [0.05, 0.1) is 24.1 Å². The van der Waals surface area contributed by atoms with Crippen LogP contribution in [0.4, 0.5) is 27.1 Å². The number of nitrogens with two attached hydrogens (primary N) is 2. The number of anilines is 4. The molecule has 7 rings (SSSR count). The third-order valence-corrected chi connectivity index (χ3v) is 10.4. The molecule has 1 aliphatic carbocycles. The number of ether oxygens (including phenoxy) is 1. The topological polar surface area (TPSA) is 163 Å². The second kappa shape index (κ2) is 11.8. The summed E-state index contributed by atoms with van der Waals surface area (Å²) in [6, 6.07) is 6.46. The number of β-lactam (4-membered cyclic amide) rings is 1. The van der Waals surface area contributed by atoms with Crippen LogP contribution in [0.5, 0.6) is 6.01 Å². The van der Waals surface area contributed by atoms with E-state index in [2.05, 4.69) is 30.9 Å². The van der Waals surface area contributed by atoms with Crippen molar-refractivity contribution in [3.8, 4) is 12.1 Å². The van der Waals surface area contributed by atoms with E-state index in [9.17, 15) is 14.4 Å². The lowest BCUT2D eigenvalue weighted by atomic mass is 9.73. The number of halogens is 1. The van der Waals surface area contributed by atoms with E-state index in [1.54, 1.807) is 6.20 Å². The smallest absolute Gasteiger partial charge is 0.322 e. The summed E-state index contributed by atoms with van der Waals surface area (Å²) in [6.07, 6.45) is 5.83. The van der Waals surface area contributed by atoms with E-state index in [1.165, 1.54) is 36.2 Å². The number of thiophene rings is 1. The standard InChI is InChI=1S/C23H25N9O2S.C7H12FN/c1-4-31(12(2)13-6-5-9-27-17(13)25)20-28-21(30-22(29-20)34-3)32-11-23(19(32)33)8-7-15-16(23)14(10-24)18(26)35-15;8-6-4-7-2-1-3-9(7)5-6/h5-6,9,12H,4,7-8,11,26H2,1-3H3,(H2,25,27);6-7H,1-5H2. The number of methoxy groups -OCH3 is 1. The number of hydrogen-bond donors (Lipinski definition) is 2. The van der Waals surface area contributed by atoms with Gasteiger partial charge < -0.3 is 21.1 Å². The fraction of sp³-hybridized carbons (Fsp3) is 0.533. The highest BCUT2D eigenvalue weighted by Crippen LogP contribution is 2.53. The molecule has 3 fully saturated rings. The fourth-order valence-corrected chi connectivity index (χ4v) is 8.21. The third-order valence-electron chi connectivity index (χ3n) is 9.32. The van der Waals surface area contributed by atoms with E-state index in [1.807, 2.05) is 30.9 Å². The number of nitrogens with zero attached hydrogens (tertiary/aromatic N) is 8. The lowest BCUT2D eigenvalue weighted by Gasteiger charge is -2.45. The van der Waals surface area contributed by atoms with Gasteiger partial charge in [-0.2, -0.15) is 20.2 Å². The summed E-state index contributed by atoms with van der Waals surface area (Å²) in [5, 5.41) is 10.1. The lowest BCUT2D eigenvalue weighted by molar-refractivity contribution is -0.129. The molecule has 1 amide bonds. The monoisotopic (exact) mass is 620 g/mol. The minimum Gasteiger partial charge on any atom is -0.467 e. The van der Waals surface area contributed by atoms with Crippen LogP contribution in [0.3, 0.4) is 0 Å². The molecule has 3 aromatic heterocycles. The molecule has 0 radical (unpaired) electrons. The first-order chi connectivity index (χ1) is 21.2. The van der Waals surface area contributed by atoms with Crippen molar-refractivity contribution in [3.05, 3.63) is 39.9 Å². The number of alkyl halides is 1. The van der Waals surface area contributed by atoms with Crippen LogP contribution in [0, 0.1) is 11.3 Å². The van der Waals surface area contributed by atoms with Crippen LogP contribution < -0.4 is 26.0 Å². The molecule has 0 saturated carbocycles. The molecule has 3 aromatic rings. The molecule has 14 heteroatoms. The number of rotatable bonds is 6. The molecular weight excluding hydrogens is 583 g/mol. The van der Waals surface area contributed by atoms with Gasteiger partial charge in [0.15, 0.2) is 0 Å². The van der Waals surface area contributed by atoms with Crippen LogP contribution in [-0.2, 0) is 16.6 Å². The summed E-state index contributed by atoms with van der Waals surface area (Å²) in [4.78, 5) is 38.0. The second-order valence-corrected chi connectivity index (χ2v) is 12.8. The van der Waals surface area contributed by atoms with Crippen LogP contribution in [0.15, 0.2) is 18.3 Å². The number of aromatic nitrogens is 4. The van der Waals surface area contributed by atoms with Crippen molar-refractivity contribution in [1.82, 2.24) is 24.8 Å². The Bertz CT molecular complexity index is 1600. The Labute approximate surface area is 259 Å². The predicted octanol–water partition coefficient (Wildman–Crippen LogP) is 3.38. The first-order valence-electron chi connectivity index (χ1n) is 15.0. The van der Waals surface area contributed by atoms with E-state index < -0.39 is 11.6 Å². The average molecular weight is 621 g/mol. The molecule has 3 saturated heterocycles. The Hall–Kier alpha value is -4.09. The molecule has 3 aliphatic heterocycles. The maximum Gasteiger partial charge on any atom is 0.322 e. The Balaban J connectivity index is 0.000000323. The average Bonchev–Trinajstić information content (AvgIpc) is 3.77. The highest BCUT2D eigenvalue weighted by Gasteiger charge is 2.59. The van der Waals surface area contributed by atoms with Gasteiger partial charge in [-0.25, -0.2) is 9.37 Å². The fourth-order valence-electron chi connectivity index (χ4n) is 7.09. The van der Waals surface area contributed by atoms with Crippen LogP contribution in [0.1, 0.15) is 67.1 Å². The number of carbonyl (C=O) groups excluding carboxylic acids is 1. The third kappa shape index (κ3) is 4.97. The largest absolute Gasteiger partial charge is 0.467 e. The summed E-state index contributed by atoms with van der Waals surface area (Å²) < 4.78 is 17.9. The van der Waals surface area contributed by atoms with Gasteiger partial charge in [0.1, 0.15) is 23.1 Å². The van der Waals surface area contributed by atoms with Crippen molar-refractivity contribution in [2.75, 3.05) is 54.6 Å². The molecular formula is C30H37FN10O2S.